The highest BCUT2D eigenvalue weighted by Crippen LogP contribution is 2.38. The van der Waals surface area contributed by atoms with Crippen molar-refractivity contribution in [1.29, 1.82) is 0 Å². The monoisotopic (exact) mass is 235 g/mol. The van der Waals surface area contributed by atoms with E-state index in [2.05, 4.69) is 28.9 Å². The molecule has 0 bridgehead atoms. The normalized spacial score (nSPS) is 28.2. The van der Waals surface area contributed by atoms with Crippen molar-refractivity contribution >= 4 is 0 Å². The molecule has 2 atom stereocenters. The number of nitrogens with zero attached hydrogens (tertiary/aromatic N) is 3. The van der Waals surface area contributed by atoms with Gasteiger partial charge in [0.25, 0.3) is 0 Å². The Morgan fingerprint density at radius 3 is 2.88 bits per heavy atom. The summed E-state index contributed by atoms with van der Waals surface area (Å²) in [7, 11) is 0. The highest BCUT2D eigenvalue weighted by atomic mass is 16.5. The van der Waals surface area contributed by atoms with Crippen LogP contribution in [0.3, 0.4) is 0 Å². The highest BCUT2D eigenvalue weighted by molar-refractivity contribution is 5.04. The second-order valence-electron chi connectivity index (χ2n) is 5.68. The molecular weight excluding hydrogens is 214 g/mol. The first-order valence-electron chi connectivity index (χ1n) is 6.81. The van der Waals surface area contributed by atoms with E-state index in [1.54, 1.807) is 0 Å². The van der Waals surface area contributed by atoms with Gasteiger partial charge in [-0.3, -0.25) is 4.90 Å². The van der Waals surface area contributed by atoms with E-state index in [9.17, 15) is 0 Å². The average Bonchev–Trinajstić information content (AvgIpc) is 3.07. The van der Waals surface area contributed by atoms with Gasteiger partial charge in [-0.05, 0) is 45.1 Å². The minimum atomic E-state index is 0.276. The van der Waals surface area contributed by atoms with Crippen LogP contribution in [0.25, 0.3) is 0 Å². The standard InChI is InChI=1S/C13H21N3O/c1-9-4-3-7-16(8-9)10(2)13-14-12(15-17-13)11-5-6-11/h9-11H,3-8H2,1-2H3/t9-,10+/m0/s1. The lowest BCUT2D eigenvalue weighted by molar-refractivity contribution is 0.117. The van der Waals surface area contributed by atoms with Crippen molar-refractivity contribution < 1.29 is 4.52 Å². The number of piperidine rings is 1. The lowest BCUT2D eigenvalue weighted by Crippen LogP contribution is -2.36. The quantitative estimate of drug-likeness (QED) is 0.808. The van der Waals surface area contributed by atoms with Gasteiger partial charge in [0.2, 0.25) is 5.89 Å². The second kappa shape index (κ2) is 4.41. The molecule has 0 N–H and O–H groups in total. The third-order valence-corrected chi connectivity index (χ3v) is 3.99. The molecule has 2 fully saturated rings. The summed E-state index contributed by atoms with van der Waals surface area (Å²) in [4.78, 5) is 7.02. The first-order valence-corrected chi connectivity index (χ1v) is 6.81. The van der Waals surface area contributed by atoms with Gasteiger partial charge in [0, 0.05) is 12.5 Å². The molecule has 0 amide bonds. The van der Waals surface area contributed by atoms with Crippen LogP contribution >= 0.6 is 0 Å². The van der Waals surface area contributed by atoms with E-state index in [0.29, 0.717) is 5.92 Å². The van der Waals surface area contributed by atoms with E-state index in [1.165, 1.54) is 25.7 Å². The van der Waals surface area contributed by atoms with Gasteiger partial charge >= 0.3 is 0 Å². The fourth-order valence-electron chi connectivity index (χ4n) is 2.66. The Hall–Kier alpha value is -0.900. The molecule has 0 spiro atoms. The number of rotatable bonds is 3. The van der Waals surface area contributed by atoms with Crippen molar-refractivity contribution in [3.8, 4) is 0 Å². The third kappa shape index (κ3) is 2.37. The molecule has 0 unspecified atom stereocenters. The minimum absolute atomic E-state index is 0.276. The summed E-state index contributed by atoms with van der Waals surface area (Å²) in [6, 6.07) is 0.276. The molecule has 1 aromatic rings. The van der Waals surface area contributed by atoms with Crippen LogP contribution in [0.1, 0.15) is 63.2 Å². The molecule has 0 aromatic carbocycles. The molecule has 0 radical (unpaired) electrons. The van der Waals surface area contributed by atoms with Crippen molar-refractivity contribution in [1.82, 2.24) is 15.0 Å². The molecule has 1 aliphatic carbocycles. The van der Waals surface area contributed by atoms with Crippen LogP contribution in [-0.4, -0.2) is 28.1 Å². The first kappa shape index (κ1) is 11.2. The topological polar surface area (TPSA) is 42.2 Å². The predicted octanol–water partition coefficient (Wildman–Crippen LogP) is 2.74. The van der Waals surface area contributed by atoms with Crippen LogP contribution in [0.4, 0.5) is 0 Å². The Morgan fingerprint density at radius 1 is 1.35 bits per heavy atom. The van der Waals surface area contributed by atoms with Crippen molar-refractivity contribution in [2.75, 3.05) is 13.1 Å². The lowest BCUT2D eigenvalue weighted by Gasteiger charge is -2.33. The van der Waals surface area contributed by atoms with Crippen LogP contribution < -0.4 is 0 Å². The number of hydrogen-bond donors (Lipinski definition) is 0. The zero-order valence-electron chi connectivity index (χ0n) is 10.7. The summed E-state index contributed by atoms with van der Waals surface area (Å²) in [6.07, 6.45) is 5.09. The Morgan fingerprint density at radius 2 is 2.18 bits per heavy atom. The molecule has 4 heteroatoms. The largest absolute Gasteiger partial charge is 0.338 e. The van der Waals surface area contributed by atoms with Crippen LogP contribution in [0.5, 0.6) is 0 Å². The zero-order chi connectivity index (χ0) is 11.8. The maximum Gasteiger partial charge on any atom is 0.243 e. The van der Waals surface area contributed by atoms with E-state index in [-0.39, 0.29) is 6.04 Å². The summed E-state index contributed by atoms with van der Waals surface area (Å²) in [6.45, 7) is 6.82. The summed E-state index contributed by atoms with van der Waals surface area (Å²) in [5.74, 6) is 3.11. The molecule has 17 heavy (non-hydrogen) atoms. The summed E-state index contributed by atoms with van der Waals surface area (Å²) in [5, 5.41) is 4.10. The van der Waals surface area contributed by atoms with Crippen LogP contribution in [0.15, 0.2) is 4.52 Å². The molecule has 1 saturated carbocycles. The van der Waals surface area contributed by atoms with Gasteiger partial charge < -0.3 is 4.52 Å². The maximum atomic E-state index is 5.41. The number of hydrogen-bond acceptors (Lipinski definition) is 4. The van der Waals surface area contributed by atoms with E-state index < -0.39 is 0 Å². The van der Waals surface area contributed by atoms with Crippen molar-refractivity contribution in [3.05, 3.63) is 11.7 Å². The smallest absolute Gasteiger partial charge is 0.243 e. The van der Waals surface area contributed by atoms with Crippen LogP contribution in [0.2, 0.25) is 0 Å². The van der Waals surface area contributed by atoms with E-state index in [0.717, 1.165) is 30.7 Å². The summed E-state index contributed by atoms with van der Waals surface area (Å²) >= 11 is 0. The van der Waals surface area contributed by atoms with Crippen LogP contribution in [-0.2, 0) is 0 Å². The first-order chi connectivity index (χ1) is 8.24. The van der Waals surface area contributed by atoms with Gasteiger partial charge in [-0.2, -0.15) is 4.98 Å². The molecule has 4 nitrogen and oxygen atoms in total. The van der Waals surface area contributed by atoms with E-state index in [1.807, 2.05) is 0 Å². The average molecular weight is 235 g/mol. The molecule has 1 aliphatic heterocycles. The van der Waals surface area contributed by atoms with Gasteiger partial charge in [0.15, 0.2) is 5.82 Å². The maximum absolute atomic E-state index is 5.41. The molecule has 2 aliphatic rings. The SMILES string of the molecule is C[C@H]1CCCN([C@H](C)c2nc(C3CC3)no2)C1. The molecule has 94 valence electrons. The lowest BCUT2D eigenvalue weighted by atomic mass is 9.99. The highest BCUT2D eigenvalue weighted by Gasteiger charge is 2.31. The predicted molar refractivity (Wildman–Crippen MR) is 64.7 cm³/mol. The molecular formula is C13H21N3O. The number of likely N-dealkylation sites (tertiary alicyclic amines) is 1. The number of aromatic nitrogens is 2. The zero-order valence-corrected chi connectivity index (χ0v) is 10.7. The molecule has 1 saturated heterocycles. The van der Waals surface area contributed by atoms with Gasteiger partial charge in [0.1, 0.15) is 0 Å². The molecule has 2 heterocycles. The van der Waals surface area contributed by atoms with E-state index in [4.69, 9.17) is 4.52 Å². The molecule has 3 rings (SSSR count). The molecule has 1 aromatic heterocycles. The Balaban J connectivity index is 1.68. The van der Waals surface area contributed by atoms with Crippen molar-refractivity contribution in [2.45, 2.75) is 51.5 Å². The Kier molecular flexibility index (Phi) is 2.90. The van der Waals surface area contributed by atoms with Gasteiger partial charge in [-0.25, -0.2) is 0 Å². The fraction of sp³-hybridized carbons (Fsp3) is 0.846. The Bertz CT molecular complexity index is 386. The van der Waals surface area contributed by atoms with E-state index >= 15 is 0 Å². The minimum Gasteiger partial charge on any atom is -0.338 e. The van der Waals surface area contributed by atoms with Crippen LogP contribution in [0, 0.1) is 5.92 Å². The van der Waals surface area contributed by atoms with Crippen molar-refractivity contribution in [3.63, 3.8) is 0 Å². The van der Waals surface area contributed by atoms with Gasteiger partial charge in [-0.1, -0.05) is 12.1 Å². The van der Waals surface area contributed by atoms with Crippen molar-refractivity contribution in [2.24, 2.45) is 5.92 Å². The third-order valence-electron chi connectivity index (χ3n) is 3.99. The summed E-state index contributed by atoms with van der Waals surface area (Å²) in [5.41, 5.74) is 0. The van der Waals surface area contributed by atoms with Gasteiger partial charge in [-0.15, -0.1) is 0 Å². The fourth-order valence-corrected chi connectivity index (χ4v) is 2.66. The Labute approximate surface area is 102 Å². The second-order valence-corrected chi connectivity index (χ2v) is 5.68. The van der Waals surface area contributed by atoms with Gasteiger partial charge in [0.05, 0.1) is 6.04 Å². The summed E-state index contributed by atoms with van der Waals surface area (Å²) < 4.78 is 5.41.